The quantitative estimate of drug-likeness (QED) is 0.597. The molecule has 4 rings (SSSR count). The standard InChI is InChI=1S/C25H24O5/c1-15(2)17-12-13-20(21(26)14-17)25(30-24(29)16-8-4-3-5-9-16)22(27)18-10-6-7-11-19(18)23(25)28/h4,8-15,26H,3,5-7H2,1-2H3. The third kappa shape index (κ3) is 3.05. The number of carbonyl (C=O) groups is 3. The minimum atomic E-state index is -2.20. The van der Waals surface area contributed by atoms with Crippen molar-refractivity contribution in [1.82, 2.24) is 0 Å². The lowest BCUT2D eigenvalue weighted by molar-refractivity contribution is -0.166. The molecular formula is C25H24O5. The highest BCUT2D eigenvalue weighted by Gasteiger charge is 2.61. The molecule has 0 spiro atoms. The number of fused-ring (bicyclic) bond motifs is 1. The molecule has 0 saturated heterocycles. The highest BCUT2D eigenvalue weighted by atomic mass is 16.6. The first kappa shape index (κ1) is 20.1. The van der Waals surface area contributed by atoms with Crippen molar-refractivity contribution in [2.24, 2.45) is 0 Å². The second-order valence-corrected chi connectivity index (χ2v) is 8.11. The second kappa shape index (κ2) is 7.56. The molecule has 5 heteroatoms. The summed E-state index contributed by atoms with van der Waals surface area (Å²) in [7, 11) is 0. The van der Waals surface area contributed by atoms with E-state index in [9.17, 15) is 19.5 Å². The predicted octanol–water partition coefficient (Wildman–Crippen LogP) is 4.33. The number of phenols is 1. The summed E-state index contributed by atoms with van der Waals surface area (Å²) in [5.74, 6) is -2.04. The van der Waals surface area contributed by atoms with E-state index in [1.807, 2.05) is 19.9 Å². The van der Waals surface area contributed by atoms with Gasteiger partial charge in [-0.05, 0) is 43.2 Å². The van der Waals surface area contributed by atoms with E-state index in [0.29, 0.717) is 24.8 Å². The molecule has 1 aromatic carbocycles. The molecule has 0 amide bonds. The van der Waals surface area contributed by atoms with Gasteiger partial charge in [-0.15, -0.1) is 0 Å². The van der Waals surface area contributed by atoms with E-state index >= 15 is 0 Å². The Morgan fingerprint density at radius 3 is 2.17 bits per heavy atom. The van der Waals surface area contributed by atoms with Gasteiger partial charge in [-0.25, -0.2) is 4.79 Å². The molecule has 3 aliphatic rings. The first-order valence-electron chi connectivity index (χ1n) is 10.3. The number of hydrogen-bond donors (Lipinski definition) is 1. The first-order valence-corrected chi connectivity index (χ1v) is 10.3. The van der Waals surface area contributed by atoms with E-state index < -0.39 is 23.1 Å². The lowest BCUT2D eigenvalue weighted by atomic mass is 9.86. The van der Waals surface area contributed by atoms with Gasteiger partial charge < -0.3 is 9.84 Å². The summed E-state index contributed by atoms with van der Waals surface area (Å²) in [5, 5.41) is 10.8. The van der Waals surface area contributed by atoms with Crippen LogP contribution in [0.1, 0.15) is 56.6 Å². The normalized spacial score (nSPS) is 19.9. The number of ether oxygens (including phenoxy) is 1. The molecule has 1 N–H and O–H groups in total. The number of Topliss-reactive ketones (excluding diaryl/α,β-unsaturated/α-hetero) is 2. The molecule has 1 fully saturated rings. The monoisotopic (exact) mass is 404 g/mol. The highest BCUT2D eigenvalue weighted by molar-refractivity contribution is 6.35. The van der Waals surface area contributed by atoms with Gasteiger partial charge in [0, 0.05) is 11.1 Å². The maximum absolute atomic E-state index is 13.5. The number of carbonyl (C=O) groups excluding carboxylic acids is 3. The lowest BCUT2D eigenvalue weighted by Crippen LogP contribution is -2.43. The summed E-state index contributed by atoms with van der Waals surface area (Å²) in [6.07, 6.45) is 11.4. The van der Waals surface area contributed by atoms with Crippen molar-refractivity contribution < 1.29 is 24.2 Å². The zero-order valence-corrected chi connectivity index (χ0v) is 17.1. The number of allylic oxidation sites excluding steroid dienone is 4. The Morgan fingerprint density at radius 2 is 1.63 bits per heavy atom. The Balaban J connectivity index is 1.87. The number of benzene rings is 1. The van der Waals surface area contributed by atoms with E-state index in [1.165, 1.54) is 12.1 Å². The van der Waals surface area contributed by atoms with Gasteiger partial charge in [-0.2, -0.15) is 0 Å². The molecule has 154 valence electrons. The number of aromatic hydroxyl groups is 1. The summed E-state index contributed by atoms with van der Waals surface area (Å²) < 4.78 is 5.72. The maximum atomic E-state index is 13.5. The molecule has 0 atom stereocenters. The van der Waals surface area contributed by atoms with Gasteiger partial charge in [0.2, 0.25) is 11.6 Å². The van der Waals surface area contributed by atoms with Gasteiger partial charge in [-0.1, -0.05) is 56.4 Å². The van der Waals surface area contributed by atoms with Crippen molar-refractivity contribution in [3.63, 3.8) is 0 Å². The SMILES string of the molecule is CC(C)c1ccc(C2(OC(=O)C3=CCCC=C3)C(=O)C3=CCCC=C3C2=O)c(O)c1. The Kier molecular flexibility index (Phi) is 5.06. The van der Waals surface area contributed by atoms with Crippen molar-refractivity contribution in [3.8, 4) is 5.75 Å². The zero-order valence-electron chi connectivity index (χ0n) is 17.1. The van der Waals surface area contributed by atoms with Crippen LogP contribution in [0.15, 0.2) is 65.3 Å². The Morgan fingerprint density at radius 1 is 1.00 bits per heavy atom. The molecule has 1 aromatic rings. The lowest BCUT2D eigenvalue weighted by Gasteiger charge is -2.27. The highest BCUT2D eigenvalue weighted by Crippen LogP contribution is 2.47. The molecule has 0 unspecified atom stereocenters. The van der Waals surface area contributed by atoms with E-state index in [2.05, 4.69) is 0 Å². The topological polar surface area (TPSA) is 80.7 Å². The van der Waals surface area contributed by atoms with Crippen LogP contribution < -0.4 is 0 Å². The van der Waals surface area contributed by atoms with Crippen LogP contribution in [0, 0.1) is 0 Å². The van der Waals surface area contributed by atoms with Crippen LogP contribution in [-0.4, -0.2) is 22.6 Å². The Hall–Kier alpha value is -3.21. The number of hydrogen-bond acceptors (Lipinski definition) is 5. The van der Waals surface area contributed by atoms with Crippen molar-refractivity contribution in [2.75, 3.05) is 0 Å². The molecule has 0 heterocycles. The van der Waals surface area contributed by atoms with Crippen LogP contribution in [-0.2, 0) is 24.7 Å². The molecular weight excluding hydrogens is 380 g/mol. The van der Waals surface area contributed by atoms with E-state index in [0.717, 1.165) is 12.0 Å². The van der Waals surface area contributed by atoms with E-state index in [4.69, 9.17) is 4.74 Å². The molecule has 3 aliphatic carbocycles. The maximum Gasteiger partial charge on any atom is 0.339 e. The summed E-state index contributed by atoms with van der Waals surface area (Å²) in [6.45, 7) is 3.95. The fourth-order valence-corrected chi connectivity index (χ4v) is 4.15. The number of rotatable bonds is 4. The van der Waals surface area contributed by atoms with Crippen LogP contribution in [0.3, 0.4) is 0 Å². The predicted molar refractivity (Wildman–Crippen MR) is 112 cm³/mol. The van der Waals surface area contributed by atoms with Gasteiger partial charge >= 0.3 is 5.97 Å². The second-order valence-electron chi connectivity index (χ2n) is 8.11. The third-order valence-corrected chi connectivity index (χ3v) is 5.83. The van der Waals surface area contributed by atoms with Gasteiger partial charge in [0.05, 0.1) is 11.1 Å². The van der Waals surface area contributed by atoms with Gasteiger partial charge in [0.15, 0.2) is 0 Å². The van der Waals surface area contributed by atoms with Crippen LogP contribution >= 0.6 is 0 Å². The van der Waals surface area contributed by atoms with Crippen molar-refractivity contribution >= 4 is 17.5 Å². The Bertz CT molecular complexity index is 1030. The third-order valence-electron chi connectivity index (χ3n) is 5.83. The average molecular weight is 404 g/mol. The first-order chi connectivity index (χ1) is 14.4. The van der Waals surface area contributed by atoms with Gasteiger partial charge in [0.1, 0.15) is 5.75 Å². The van der Waals surface area contributed by atoms with Crippen LogP contribution in [0.2, 0.25) is 0 Å². The summed E-state index contributed by atoms with van der Waals surface area (Å²) >= 11 is 0. The molecule has 0 aliphatic heterocycles. The summed E-state index contributed by atoms with van der Waals surface area (Å²) in [6, 6.07) is 4.80. The van der Waals surface area contributed by atoms with Crippen molar-refractivity contribution in [1.29, 1.82) is 0 Å². The largest absolute Gasteiger partial charge is 0.507 e. The number of ketones is 2. The van der Waals surface area contributed by atoms with Crippen LogP contribution in [0.5, 0.6) is 5.75 Å². The van der Waals surface area contributed by atoms with Crippen molar-refractivity contribution in [3.05, 3.63) is 76.4 Å². The molecule has 5 nitrogen and oxygen atoms in total. The minimum Gasteiger partial charge on any atom is -0.507 e. The van der Waals surface area contributed by atoms with Crippen LogP contribution in [0.25, 0.3) is 0 Å². The smallest absolute Gasteiger partial charge is 0.339 e. The van der Waals surface area contributed by atoms with Crippen molar-refractivity contribution in [2.45, 2.75) is 51.0 Å². The molecule has 0 aromatic heterocycles. The number of phenolic OH excluding ortho intramolecular Hbond substituents is 1. The summed E-state index contributed by atoms with van der Waals surface area (Å²) in [5.41, 5.74) is -0.516. The summed E-state index contributed by atoms with van der Waals surface area (Å²) in [4.78, 5) is 40.0. The fraction of sp³-hybridized carbons (Fsp3) is 0.320. The molecule has 30 heavy (non-hydrogen) atoms. The van der Waals surface area contributed by atoms with Crippen LogP contribution in [0.4, 0.5) is 0 Å². The molecule has 0 radical (unpaired) electrons. The van der Waals surface area contributed by atoms with E-state index in [-0.39, 0.29) is 28.4 Å². The van der Waals surface area contributed by atoms with E-state index in [1.54, 1.807) is 30.4 Å². The van der Waals surface area contributed by atoms with Gasteiger partial charge in [0.25, 0.3) is 5.60 Å². The molecule has 1 saturated carbocycles. The average Bonchev–Trinajstić information content (AvgIpc) is 2.97. The Labute approximate surface area is 175 Å². The fourth-order valence-electron chi connectivity index (χ4n) is 4.15. The number of esters is 1. The minimum absolute atomic E-state index is 0.00633. The molecule has 0 bridgehead atoms. The zero-order chi connectivity index (χ0) is 21.5. The van der Waals surface area contributed by atoms with Gasteiger partial charge in [-0.3, -0.25) is 9.59 Å².